The zero-order chi connectivity index (χ0) is 20.9. The Kier molecular flexibility index (Phi) is 5.05. The van der Waals surface area contributed by atoms with Gasteiger partial charge in [0, 0.05) is 0 Å². The van der Waals surface area contributed by atoms with Crippen LogP contribution < -0.4 is 0 Å². The van der Waals surface area contributed by atoms with Crippen LogP contribution in [0.5, 0.6) is 0 Å². The van der Waals surface area contributed by atoms with Crippen LogP contribution in [0.25, 0.3) is 31.0 Å². The Bertz CT molecular complexity index is 1180. The summed E-state index contributed by atoms with van der Waals surface area (Å²) in [6.45, 7) is 15.7. The molecular formula is C27H29NSe. The number of aryl methyl sites for hydroxylation is 4. The number of aromatic nitrogens is 1. The molecule has 0 radical (unpaired) electrons. The summed E-state index contributed by atoms with van der Waals surface area (Å²) < 4.78 is 2.84. The third-order valence-electron chi connectivity index (χ3n) is 5.54. The van der Waals surface area contributed by atoms with E-state index in [2.05, 4.69) is 97.0 Å². The number of nitrogens with zero attached hydrogens (tertiary/aromatic N) is 1. The van der Waals surface area contributed by atoms with Gasteiger partial charge in [-0.15, -0.1) is 0 Å². The van der Waals surface area contributed by atoms with E-state index >= 15 is 0 Å². The normalized spacial score (nSPS) is 12.0. The maximum absolute atomic E-state index is 5.04. The summed E-state index contributed by atoms with van der Waals surface area (Å²) in [6.07, 6.45) is 0. The molecule has 0 bridgehead atoms. The van der Waals surface area contributed by atoms with Gasteiger partial charge in [-0.3, -0.25) is 0 Å². The van der Waals surface area contributed by atoms with E-state index in [0.717, 1.165) is 11.2 Å². The van der Waals surface area contributed by atoms with Gasteiger partial charge >= 0.3 is 181 Å². The van der Waals surface area contributed by atoms with Crippen molar-refractivity contribution in [3.8, 4) is 21.3 Å². The third kappa shape index (κ3) is 3.97. The molecular weight excluding hydrogens is 417 g/mol. The number of fused-ring (bicyclic) bond motifs is 1. The molecule has 1 nitrogen and oxygen atoms in total. The van der Waals surface area contributed by atoms with Crippen LogP contribution in [0, 0.1) is 27.7 Å². The molecule has 0 aliphatic rings. The van der Waals surface area contributed by atoms with Gasteiger partial charge < -0.3 is 0 Å². The van der Waals surface area contributed by atoms with Crippen LogP contribution in [-0.4, -0.2) is 19.5 Å². The van der Waals surface area contributed by atoms with Crippen LogP contribution in [0.4, 0.5) is 0 Å². The molecule has 4 aromatic rings. The minimum atomic E-state index is 0.175. The summed E-state index contributed by atoms with van der Waals surface area (Å²) in [6, 6.07) is 18.2. The topological polar surface area (TPSA) is 12.9 Å². The molecule has 148 valence electrons. The first-order valence-corrected chi connectivity index (χ1v) is 11.9. The van der Waals surface area contributed by atoms with E-state index in [0.29, 0.717) is 14.5 Å². The van der Waals surface area contributed by atoms with Crippen molar-refractivity contribution in [2.75, 3.05) is 0 Å². The van der Waals surface area contributed by atoms with E-state index in [1.165, 1.54) is 47.6 Å². The molecule has 0 atom stereocenters. The molecule has 0 saturated heterocycles. The molecule has 2 heteroatoms. The fourth-order valence-corrected chi connectivity index (χ4v) is 6.58. The Hall–Kier alpha value is -2.15. The molecule has 0 N–H and O–H groups in total. The zero-order valence-electron chi connectivity index (χ0n) is 18.5. The van der Waals surface area contributed by atoms with Crippen LogP contribution in [0.3, 0.4) is 0 Å². The quantitative estimate of drug-likeness (QED) is 0.298. The van der Waals surface area contributed by atoms with Crippen molar-refractivity contribution < 1.29 is 0 Å². The van der Waals surface area contributed by atoms with Crippen molar-refractivity contribution in [2.45, 2.75) is 53.9 Å². The first-order valence-electron chi connectivity index (χ1n) is 10.2. The van der Waals surface area contributed by atoms with Gasteiger partial charge in [0.15, 0.2) is 0 Å². The first kappa shape index (κ1) is 20.1. The van der Waals surface area contributed by atoms with Crippen molar-refractivity contribution in [3.05, 3.63) is 76.3 Å². The van der Waals surface area contributed by atoms with Gasteiger partial charge in [0.2, 0.25) is 0 Å². The SMILES string of the molecule is Cc1cc(C)cc(-c2ccc3[se]c(-c4c(C)cc(C(C)(C)C)cc4C)cc3n2)c1. The molecule has 0 unspecified atom stereocenters. The molecule has 0 amide bonds. The van der Waals surface area contributed by atoms with Gasteiger partial charge in [-0.1, -0.05) is 0 Å². The average Bonchev–Trinajstić information content (AvgIpc) is 3.02. The van der Waals surface area contributed by atoms with Crippen LogP contribution >= 0.6 is 0 Å². The molecule has 29 heavy (non-hydrogen) atoms. The van der Waals surface area contributed by atoms with E-state index in [-0.39, 0.29) is 5.41 Å². The Labute approximate surface area is 180 Å². The minimum absolute atomic E-state index is 0.175. The first-order chi connectivity index (χ1) is 13.6. The van der Waals surface area contributed by atoms with Crippen molar-refractivity contribution in [1.82, 2.24) is 4.98 Å². The fraction of sp³-hybridized carbons (Fsp3) is 0.296. The number of rotatable bonds is 2. The Morgan fingerprint density at radius 1 is 0.759 bits per heavy atom. The molecule has 2 aromatic heterocycles. The number of hydrogen-bond donors (Lipinski definition) is 0. The Morgan fingerprint density at radius 2 is 1.38 bits per heavy atom. The summed E-state index contributed by atoms with van der Waals surface area (Å²) >= 11 is 0.308. The van der Waals surface area contributed by atoms with E-state index in [9.17, 15) is 0 Å². The van der Waals surface area contributed by atoms with Gasteiger partial charge in [0.05, 0.1) is 0 Å². The number of pyridine rings is 1. The summed E-state index contributed by atoms with van der Waals surface area (Å²) in [5, 5.41) is 0. The predicted octanol–water partition coefficient (Wildman–Crippen LogP) is 7.16. The number of benzene rings is 2. The molecule has 0 fully saturated rings. The van der Waals surface area contributed by atoms with E-state index < -0.39 is 0 Å². The van der Waals surface area contributed by atoms with Crippen molar-refractivity contribution >= 4 is 24.3 Å². The standard InChI is InChI=1S/C27H29NSe/c1-16-10-17(2)12-20(11-16)22-8-9-24-23(28-22)15-25(29-24)26-18(3)13-21(14-19(26)4)27(5,6)7/h8-15H,1-7H3. The van der Waals surface area contributed by atoms with Crippen LogP contribution in [0.15, 0.2) is 48.5 Å². The van der Waals surface area contributed by atoms with Gasteiger partial charge in [-0.05, 0) is 0 Å². The monoisotopic (exact) mass is 447 g/mol. The molecule has 4 rings (SSSR count). The van der Waals surface area contributed by atoms with Crippen molar-refractivity contribution in [2.24, 2.45) is 0 Å². The van der Waals surface area contributed by atoms with Crippen LogP contribution in [0.2, 0.25) is 0 Å². The average molecular weight is 446 g/mol. The predicted molar refractivity (Wildman–Crippen MR) is 127 cm³/mol. The van der Waals surface area contributed by atoms with E-state index in [4.69, 9.17) is 4.98 Å². The third-order valence-corrected chi connectivity index (χ3v) is 7.86. The fourth-order valence-electron chi connectivity index (χ4n) is 4.12. The summed E-state index contributed by atoms with van der Waals surface area (Å²) in [5.41, 5.74) is 11.8. The van der Waals surface area contributed by atoms with Crippen molar-refractivity contribution in [3.63, 3.8) is 0 Å². The zero-order valence-corrected chi connectivity index (χ0v) is 20.2. The van der Waals surface area contributed by atoms with Gasteiger partial charge in [-0.25, -0.2) is 0 Å². The maximum atomic E-state index is 5.04. The molecule has 0 spiro atoms. The van der Waals surface area contributed by atoms with E-state index in [1.54, 1.807) is 0 Å². The molecule has 0 saturated carbocycles. The number of hydrogen-bond acceptors (Lipinski definition) is 1. The molecule has 2 aromatic carbocycles. The summed E-state index contributed by atoms with van der Waals surface area (Å²) in [7, 11) is 0. The van der Waals surface area contributed by atoms with Gasteiger partial charge in [0.1, 0.15) is 0 Å². The Morgan fingerprint density at radius 3 is 1.97 bits per heavy atom. The van der Waals surface area contributed by atoms with Gasteiger partial charge in [0.25, 0.3) is 0 Å². The molecule has 0 aliphatic heterocycles. The van der Waals surface area contributed by atoms with E-state index in [1.807, 2.05) is 0 Å². The van der Waals surface area contributed by atoms with Crippen molar-refractivity contribution in [1.29, 1.82) is 0 Å². The molecule has 2 heterocycles. The summed E-state index contributed by atoms with van der Waals surface area (Å²) in [4.78, 5) is 5.04. The molecule has 0 aliphatic carbocycles. The summed E-state index contributed by atoms with van der Waals surface area (Å²) in [5.74, 6) is 0. The second-order valence-corrected chi connectivity index (χ2v) is 11.6. The van der Waals surface area contributed by atoms with Crippen LogP contribution in [-0.2, 0) is 5.41 Å². The van der Waals surface area contributed by atoms with Crippen LogP contribution in [0.1, 0.15) is 48.6 Å². The second-order valence-electron chi connectivity index (χ2n) is 9.30. The Balaban J connectivity index is 1.81. The van der Waals surface area contributed by atoms with Gasteiger partial charge in [-0.2, -0.15) is 0 Å². The second kappa shape index (κ2) is 7.27.